The number of carbonyl (C=O) groups is 1. The van der Waals surface area contributed by atoms with Gasteiger partial charge in [-0.25, -0.2) is 4.98 Å². The number of H-pyrrole nitrogens is 1. The van der Waals surface area contributed by atoms with Gasteiger partial charge in [0.15, 0.2) is 0 Å². The second-order valence-electron chi connectivity index (χ2n) is 5.27. The summed E-state index contributed by atoms with van der Waals surface area (Å²) >= 11 is 0. The van der Waals surface area contributed by atoms with Crippen molar-refractivity contribution in [3.05, 3.63) is 48.0 Å². The van der Waals surface area contributed by atoms with Crippen LogP contribution in [0.3, 0.4) is 0 Å². The number of aromatic amines is 1. The van der Waals surface area contributed by atoms with E-state index in [2.05, 4.69) is 29.1 Å². The molecule has 5 nitrogen and oxygen atoms in total. The molecule has 21 heavy (non-hydrogen) atoms. The van der Waals surface area contributed by atoms with E-state index in [-0.39, 0.29) is 5.91 Å². The third-order valence-electron chi connectivity index (χ3n) is 2.90. The zero-order valence-electron chi connectivity index (χ0n) is 12.4. The van der Waals surface area contributed by atoms with Crippen LogP contribution in [0.5, 0.6) is 5.75 Å². The van der Waals surface area contributed by atoms with E-state index in [1.165, 1.54) is 0 Å². The van der Waals surface area contributed by atoms with Gasteiger partial charge < -0.3 is 15.0 Å². The lowest BCUT2D eigenvalue weighted by molar-refractivity contribution is 0.0954. The SMILES string of the molecule is CC(C)COc1ccc(C(=O)NCCc2ncc[nH]2)cc1. The molecule has 2 aromatic rings. The highest BCUT2D eigenvalue weighted by Gasteiger charge is 2.06. The first-order valence-corrected chi connectivity index (χ1v) is 7.14. The molecule has 0 unspecified atom stereocenters. The molecule has 1 heterocycles. The normalized spacial score (nSPS) is 10.6. The Morgan fingerprint density at radius 1 is 1.33 bits per heavy atom. The number of ether oxygens (including phenoxy) is 1. The van der Waals surface area contributed by atoms with Crippen molar-refractivity contribution in [2.45, 2.75) is 20.3 Å². The van der Waals surface area contributed by atoms with Crippen LogP contribution in [0.25, 0.3) is 0 Å². The monoisotopic (exact) mass is 287 g/mol. The summed E-state index contributed by atoms with van der Waals surface area (Å²) in [5, 5.41) is 2.87. The van der Waals surface area contributed by atoms with Gasteiger partial charge in [-0.05, 0) is 30.2 Å². The maximum atomic E-state index is 12.0. The number of benzene rings is 1. The van der Waals surface area contributed by atoms with Gasteiger partial charge in [0.05, 0.1) is 6.61 Å². The average molecular weight is 287 g/mol. The van der Waals surface area contributed by atoms with E-state index in [0.717, 1.165) is 11.6 Å². The molecule has 5 heteroatoms. The molecule has 1 amide bonds. The van der Waals surface area contributed by atoms with Crippen molar-refractivity contribution < 1.29 is 9.53 Å². The minimum absolute atomic E-state index is 0.0861. The Kier molecular flexibility index (Phi) is 5.37. The fourth-order valence-electron chi connectivity index (χ4n) is 1.80. The van der Waals surface area contributed by atoms with Crippen LogP contribution in [0.15, 0.2) is 36.7 Å². The highest BCUT2D eigenvalue weighted by molar-refractivity contribution is 5.94. The highest BCUT2D eigenvalue weighted by atomic mass is 16.5. The average Bonchev–Trinajstić information content (AvgIpc) is 2.99. The van der Waals surface area contributed by atoms with Gasteiger partial charge in [0.2, 0.25) is 0 Å². The summed E-state index contributed by atoms with van der Waals surface area (Å²) in [4.78, 5) is 19.1. The van der Waals surface area contributed by atoms with E-state index in [0.29, 0.717) is 31.1 Å². The predicted octanol–water partition coefficient (Wildman–Crippen LogP) is 2.42. The number of amides is 1. The Hall–Kier alpha value is -2.30. The fourth-order valence-corrected chi connectivity index (χ4v) is 1.80. The summed E-state index contributed by atoms with van der Waals surface area (Å²) in [7, 11) is 0. The van der Waals surface area contributed by atoms with Gasteiger partial charge in [-0.15, -0.1) is 0 Å². The zero-order valence-corrected chi connectivity index (χ0v) is 12.4. The summed E-state index contributed by atoms with van der Waals surface area (Å²) in [5.41, 5.74) is 0.631. The molecule has 2 N–H and O–H groups in total. The fraction of sp³-hybridized carbons (Fsp3) is 0.375. The van der Waals surface area contributed by atoms with Crippen molar-refractivity contribution in [1.82, 2.24) is 15.3 Å². The first-order valence-electron chi connectivity index (χ1n) is 7.14. The van der Waals surface area contributed by atoms with Gasteiger partial charge in [-0.2, -0.15) is 0 Å². The smallest absolute Gasteiger partial charge is 0.251 e. The van der Waals surface area contributed by atoms with E-state index in [4.69, 9.17) is 4.74 Å². The number of nitrogens with zero attached hydrogens (tertiary/aromatic N) is 1. The Balaban J connectivity index is 1.79. The van der Waals surface area contributed by atoms with Gasteiger partial charge in [-0.1, -0.05) is 13.8 Å². The lowest BCUT2D eigenvalue weighted by atomic mass is 10.2. The lowest BCUT2D eigenvalue weighted by Gasteiger charge is -2.09. The van der Waals surface area contributed by atoms with E-state index >= 15 is 0 Å². The van der Waals surface area contributed by atoms with Crippen LogP contribution in [0.1, 0.15) is 30.0 Å². The third kappa shape index (κ3) is 4.95. The van der Waals surface area contributed by atoms with E-state index in [9.17, 15) is 4.79 Å². The maximum absolute atomic E-state index is 12.0. The number of imidazole rings is 1. The number of aromatic nitrogens is 2. The van der Waals surface area contributed by atoms with Gasteiger partial charge in [0.25, 0.3) is 5.91 Å². The highest BCUT2D eigenvalue weighted by Crippen LogP contribution is 2.13. The summed E-state index contributed by atoms with van der Waals surface area (Å²) in [6.45, 7) is 5.42. The Labute approximate surface area is 124 Å². The van der Waals surface area contributed by atoms with Crippen LogP contribution in [-0.4, -0.2) is 29.0 Å². The molecule has 0 bridgehead atoms. The van der Waals surface area contributed by atoms with E-state index in [1.54, 1.807) is 24.5 Å². The van der Waals surface area contributed by atoms with Gasteiger partial charge >= 0.3 is 0 Å². The van der Waals surface area contributed by atoms with Crippen molar-refractivity contribution in [3.8, 4) is 5.75 Å². The summed E-state index contributed by atoms with van der Waals surface area (Å²) in [5.74, 6) is 2.05. The minimum atomic E-state index is -0.0861. The Morgan fingerprint density at radius 3 is 2.71 bits per heavy atom. The molecule has 0 saturated carbocycles. The largest absolute Gasteiger partial charge is 0.493 e. The second-order valence-corrected chi connectivity index (χ2v) is 5.27. The van der Waals surface area contributed by atoms with Crippen LogP contribution in [0.2, 0.25) is 0 Å². The number of carbonyl (C=O) groups excluding carboxylic acids is 1. The number of nitrogens with one attached hydrogen (secondary N) is 2. The summed E-state index contributed by atoms with van der Waals surface area (Å²) in [6.07, 6.45) is 4.16. The topological polar surface area (TPSA) is 67.0 Å². The van der Waals surface area contributed by atoms with Crippen molar-refractivity contribution in [2.24, 2.45) is 5.92 Å². The van der Waals surface area contributed by atoms with E-state index < -0.39 is 0 Å². The molecule has 112 valence electrons. The van der Waals surface area contributed by atoms with Crippen LogP contribution in [0, 0.1) is 5.92 Å². The standard InChI is InChI=1S/C16H21N3O2/c1-12(2)11-21-14-5-3-13(4-6-14)16(20)19-8-7-15-17-9-10-18-15/h3-6,9-10,12H,7-8,11H2,1-2H3,(H,17,18)(H,19,20). The molecule has 0 radical (unpaired) electrons. The molecule has 0 aliphatic heterocycles. The molecule has 1 aromatic heterocycles. The quantitative estimate of drug-likeness (QED) is 0.822. The molecular weight excluding hydrogens is 266 g/mol. The van der Waals surface area contributed by atoms with Crippen LogP contribution < -0.4 is 10.1 Å². The Bertz CT molecular complexity index is 547. The molecule has 0 saturated heterocycles. The van der Waals surface area contributed by atoms with Crippen LogP contribution in [0.4, 0.5) is 0 Å². The molecule has 0 aliphatic rings. The Morgan fingerprint density at radius 2 is 2.10 bits per heavy atom. The first kappa shape index (κ1) is 15.1. The minimum Gasteiger partial charge on any atom is -0.493 e. The van der Waals surface area contributed by atoms with Gasteiger partial charge in [0.1, 0.15) is 11.6 Å². The van der Waals surface area contributed by atoms with Crippen molar-refractivity contribution in [1.29, 1.82) is 0 Å². The van der Waals surface area contributed by atoms with E-state index in [1.807, 2.05) is 12.1 Å². The number of rotatable bonds is 7. The predicted molar refractivity (Wildman–Crippen MR) is 81.4 cm³/mol. The molecule has 0 spiro atoms. The molecule has 0 aliphatic carbocycles. The summed E-state index contributed by atoms with van der Waals surface area (Å²) < 4.78 is 5.59. The third-order valence-corrected chi connectivity index (χ3v) is 2.90. The van der Waals surface area contributed by atoms with Crippen LogP contribution >= 0.6 is 0 Å². The van der Waals surface area contributed by atoms with Gasteiger partial charge in [-0.3, -0.25) is 4.79 Å². The zero-order chi connectivity index (χ0) is 15.1. The van der Waals surface area contributed by atoms with Gasteiger partial charge in [0, 0.05) is 30.9 Å². The molecule has 0 fully saturated rings. The maximum Gasteiger partial charge on any atom is 0.251 e. The molecule has 2 rings (SSSR count). The molecule has 1 aromatic carbocycles. The van der Waals surface area contributed by atoms with Crippen molar-refractivity contribution >= 4 is 5.91 Å². The molecular formula is C16H21N3O2. The molecule has 0 atom stereocenters. The van der Waals surface area contributed by atoms with Crippen LogP contribution in [-0.2, 0) is 6.42 Å². The van der Waals surface area contributed by atoms with Crippen molar-refractivity contribution in [2.75, 3.05) is 13.2 Å². The lowest BCUT2D eigenvalue weighted by Crippen LogP contribution is -2.25. The summed E-state index contributed by atoms with van der Waals surface area (Å²) in [6, 6.07) is 7.20. The first-order chi connectivity index (χ1) is 10.1. The second kappa shape index (κ2) is 7.47. The number of hydrogen-bond donors (Lipinski definition) is 2. The number of hydrogen-bond acceptors (Lipinski definition) is 3. The van der Waals surface area contributed by atoms with Crippen molar-refractivity contribution in [3.63, 3.8) is 0 Å².